The van der Waals surface area contributed by atoms with Crippen LogP contribution in [-0.4, -0.2) is 27.0 Å². The topological polar surface area (TPSA) is 101 Å². The van der Waals surface area contributed by atoms with Crippen molar-refractivity contribution < 1.29 is 17.9 Å². The number of nitrogens with one attached hydrogen (secondary N) is 2. The van der Waals surface area contributed by atoms with Crippen molar-refractivity contribution in [1.29, 1.82) is 0 Å². The van der Waals surface area contributed by atoms with Gasteiger partial charge in [-0.3, -0.25) is 9.59 Å². The fourth-order valence-corrected chi connectivity index (χ4v) is 9.05. The molecule has 0 unspecified atom stereocenters. The first-order chi connectivity index (χ1) is 24.2. The molecular weight excluding hydrogens is 682 g/mol. The van der Waals surface area contributed by atoms with Crippen molar-refractivity contribution in [2.24, 2.45) is 0 Å². The van der Waals surface area contributed by atoms with Gasteiger partial charge in [-0.25, -0.2) is 9.97 Å². The summed E-state index contributed by atoms with van der Waals surface area (Å²) in [6.45, 7) is 0. The zero-order valence-corrected chi connectivity index (χ0v) is 28.8. The average Bonchev–Trinajstić information content (AvgIpc) is 3.69. The molecular formula is C38H33F3N4O3S2. The van der Waals surface area contributed by atoms with Gasteiger partial charge >= 0.3 is 6.18 Å². The molecule has 0 aliphatic heterocycles. The first-order valence-electron chi connectivity index (χ1n) is 16.4. The van der Waals surface area contributed by atoms with Crippen LogP contribution in [0, 0.1) is 0 Å². The largest absolute Gasteiger partial charge is 0.497 e. The Kier molecular flexibility index (Phi) is 9.56. The normalized spacial score (nSPS) is 14.6. The number of benzene rings is 2. The summed E-state index contributed by atoms with van der Waals surface area (Å²) >= 11 is 3.18. The molecule has 0 saturated carbocycles. The molecule has 0 radical (unpaired) electrons. The molecule has 2 N–H and O–H groups in total. The maximum atomic E-state index is 13.1. The van der Waals surface area contributed by atoms with E-state index in [0.29, 0.717) is 16.0 Å². The van der Waals surface area contributed by atoms with E-state index in [2.05, 4.69) is 19.9 Å². The highest BCUT2D eigenvalue weighted by Crippen LogP contribution is 2.35. The first kappa shape index (κ1) is 33.7. The van der Waals surface area contributed by atoms with E-state index in [1.165, 1.54) is 57.4 Å². The van der Waals surface area contributed by atoms with E-state index in [4.69, 9.17) is 4.74 Å². The molecule has 0 atom stereocenters. The van der Waals surface area contributed by atoms with E-state index in [1.807, 2.05) is 36.4 Å². The minimum atomic E-state index is -4.43. The lowest BCUT2D eigenvalue weighted by molar-refractivity contribution is -0.137. The van der Waals surface area contributed by atoms with Gasteiger partial charge in [0, 0.05) is 9.75 Å². The molecule has 7 nitrogen and oxygen atoms in total. The number of ether oxygens (including phenoxy) is 1. The summed E-state index contributed by atoms with van der Waals surface area (Å²) < 4.78 is 44.4. The highest BCUT2D eigenvalue weighted by molar-refractivity contribution is 7.19. The number of hydrogen-bond donors (Lipinski definition) is 2. The van der Waals surface area contributed by atoms with E-state index in [9.17, 15) is 22.8 Å². The smallest absolute Gasteiger partial charge is 0.416 e. The number of aromatic amines is 2. The number of H-pyrrole nitrogens is 2. The molecule has 2 aliphatic carbocycles. The van der Waals surface area contributed by atoms with Crippen LogP contribution in [0.3, 0.4) is 0 Å². The van der Waals surface area contributed by atoms with Gasteiger partial charge in [0.05, 0.1) is 23.4 Å². The Hall–Kier alpha value is -4.81. The molecule has 4 heterocycles. The summed E-state index contributed by atoms with van der Waals surface area (Å²) in [5.74, 6) is 1.66. The number of halogens is 3. The molecule has 2 aromatic carbocycles. The molecule has 0 saturated heterocycles. The number of alkyl halides is 3. The van der Waals surface area contributed by atoms with Crippen molar-refractivity contribution in [2.75, 3.05) is 7.11 Å². The third kappa shape index (κ3) is 7.08. The van der Waals surface area contributed by atoms with Gasteiger partial charge in [-0.05, 0) is 104 Å². The summed E-state index contributed by atoms with van der Waals surface area (Å²) in [5, 5.41) is 1.44. The molecule has 0 spiro atoms. The number of aromatic nitrogens is 4. The van der Waals surface area contributed by atoms with Crippen LogP contribution in [0.2, 0.25) is 0 Å². The van der Waals surface area contributed by atoms with Gasteiger partial charge in [-0.2, -0.15) is 13.2 Å². The van der Waals surface area contributed by atoms with Gasteiger partial charge in [0.25, 0.3) is 11.1 Å². The SMILES string of the molecule is COc1cccc(/C=C/c2nc3sc4c(c3c(=O)[nH]2)CCCC4)c1.O=c1[nH]c(/C=C/c2ccccc2C(F)(F)F)nc2sc3c(c12)CCCC3. The van der Waals surface area contributed by atoms with Gasteiger partial charge in [-0.15, -0.1) is 22.7 Å². The predicted octanol–water partition coefficient (Wildman–Crippen LogP) is 9.09. The van der Waals surface area contributed by atoms with Crippen LogP contribution in [0.15, 0.2) is 58.1 Å². The number of hydrogen-bond acceptors (Lipinski definition) is 7. The molecule has 256 valence electrons. The van der Waals surface area contributed by atoms with Crippen molar-refractivity contribution in [3.8, 4) is 5.75 Å². The van der Waals surface area contributed by atoms with Crippen molar-refractivity contribution in [1.82, 2.24) is 19.9 Å². The van der Waals surface area contributed by atoms with Crippen LogP contribution in [-0.2, 0) is 31.9 Å². The predicted molar refractivity (Wildman–Crippen MR) is 196 cm³/mol. The second kappa shape index (κ2) is 14.2. The monoisotopic (exact) mass is 714 g/mol. The Labute approximate surface area is 293 Å². The summed E-state index contributed by atoms with van der Waals surface area (Å²) in [6, 6.07) is 13.1. The van der Waals surface area contributed by atoms with Crippen LogP contribution in [0.4, 0.5) is 13.2 Å². The molecule has 12 heteroatoms. The molecule has 0 fully saturated rings. The minimum absolute atomic E-state index is 0.0234. The molecule has 8 rings (SSSR count). The molecule has 50 heavy (non-hydrogen) atoms. The van der Waals surface area contributed by atoms with E-state index in [1.54, 1.807) is 24.5 Å². The standard InChI is InChI=1S/C19H15F3N2OS.C19H18N2O2S/c20-19(21,22)13-7-3-1-5-11(13)9-10-15-23-17(25)16-12-6-2-4-8-14(12)26-18(16)24-15;1-23-13-6-4-5-12(11-13)9-10-16-20-18(22)17-14-7-2-3-8-15(14)24-19(17)21-16/h1,3,5,7,9-10H,2,4,6,8H2,(H,23,24,25);4-6,9-11H,2-3,7-8H2,1H3,(H,20,21,22)/b2*10-9+. The number of aryl methyl sites for hydroxylation is 4. The average molecular weight is 715 g/mol. The summed E-state index contributed by atoms with van der Waals surface area (Å²) in [7, 11) is 1.65. The Morgan fingerprint density at radius 2 is 1.28 bits per heavy atom. The van der Waals surface area contributed by atoms with Gasteiger partial charge in [0.15, 0.2) is 0 Å². The fraction of sp³-hybridized carbons (Fsp3) is 0.263. The van der Waals surface area contributed by atoms with Crippen molar-refractivity contribution in [3.05, 3.63) is 118 Å². The lowest BCUT2D eigenvalue weighted by Gasteiger charge is -2.09. The Morgan fingerprint density at radius 3 is 1.86 bits per heavy atom. The summed E-state index contributed by atoms with van der Waals surface area (Å²) in [6.07, 6.45) is 10.6. The third-order valence-electron chi connectivity index (χ3n) is 8.90. The van der Waals surface area contributed by atoms with E-state index in [0.717, 1.165) is 78.1 Å². The quantitative estimate of drug-likeness (QED) is 0.186. The lowest BCUT2D eigenvalue weighted by atomic mass is 9.97. The Balaban J connectivity index is 0.000000157. The van der Waals surface area contributed by atoms with Crippen molar-refractivity contribution in [3.63, 3.8) is 0 Å². The van der Waals surface area contributed by atoms with E-state index in [-0.39, 0.29) is 22.5 Å². The molecule has 0 bridgehead atoms. The number of nitrogens with zero attached hydrogens (tertiary/aromatic N) is 2. The Bertz CT molecular complexity index is 2380. The number of fused-ring (bicyclic) bond motifs is 6. The highest BCUT2D eigenvalue weighted by atomic mass is 32.1. The number of thiophene rings is 2. The molecule has 0 amide bonds. The van der Waals surface area contributed by atoms with E-state index >= 15 is 0 Å². The third-order valence-corrected chi connectivity index (χ3v) is 11.3. The zero-order valence-electron chi connectivity index (χ0n) is 27.2. The first-order valence-corrected chi connectivity index (χ1v) is 18.1. The maximum Gasteiger partial charge on any atom is 0.416 e. The van der Waals surface area contributed by atoms with Gasteiger partial charge < -0.3 is 14.7 Å². The molecule has 4 aromatic heterocycles. The maximum absolute atomic E-state index is 13.1. The van der Waals surface area contributed by atoms with Crippen LogP contribution in [0.25, 0.3) is 44.7 Å². The van der Waals surface area contributed by atoms with Crippen LogP contribution < -0.4 is 15.9 Å². The zero-order chi connectivity index (χ0) is 34.8. The highest BCUT2D eigenvalue weighted by Gasteiger charge is 2.32. The minimum Gasteiger partial charge on any atom is -0.497 e. The molecule has 6 aromatic rings. The fourth-order valence-electron chi connectivity index (χ4n) is 6.51. The molecule has 2 aliphatic rings. The summed E-state index contributed by atoms with van der Waals surface area (Å²) in [4.78, 5) is 43.7. The summed E-state index contributed by atoms with van der Waals surface area (Å²) in [5.41, 5.74) is 2.38. The van der Waals surface area contributed by atoms with Crippen LogP contribution in [0.5, 0.6) is 5.75 Å². The number of rotatable bonds is 5. The van der Waals surface area contributed by atoms with Gasteiger partial charge in [0.2, 0.25) is 0 Å². The second-order valence-electron chi connectivity index (χ2n) is 12.2. The number of methoxy groups -OCH3 is 1. The van der Waals surface area contributed by atoms with Crippen LogP contribution in [0.1, 0.15) is 74.9 Å². The second-order valence-corrected chi connectivity index (χ2v) is 14.4. The van der Waals surface area contributed by atoms with E-state index < -0.39 is 11.7 Å². The van der Waals surface area contributed by atoms with Crippen LogP contribution >= 0.6 is 22.7 Å². The Morgan fingerprint density at radius 1 is 0.720 bits per heavy atom. The lowest BCUT2D eigenvalue weighted by Crippen LogP contribution is -2.11. The van der Waals surface area contributed by atoms with Gasteiger partial charge in [-0.1, -0.05) is 42.5 Å². The van der Waals surface area contributed by atoms with Gasteiger partial charge in [0.1, 0.15) is 27.1 Å². The van der Waals surface area contributed by atoms with Crippen molar-refractivity contribution >= 4 is 67.4 Å². The van der Waals surface area contributed by atoms with Crippen molar-refractivity contribution in [2.45, 2.75) is 57.5 Å².